The first-order chi connectivity index (χ1) is 11.2. The molecule has 0 N–H and O–H groups in total. The number of hydrogen-bond acceptors (Lipinski definition) is 5. The molecule has 3 rings (SSSR count). The van der Waals surface area contributed by atoms with Crippen LogP contribution in [0.25, 0.3) is 11.3 Å². The van der Waals surface area contributed by atoms with Crippen molar-refractivity contribution in [1.82, 2.24) is 34.7 Å². The van der Waals surface area contributed by atoms with Crippen molar-refractivity contribution in [3.05, 3.63) is 55.0 Å². The van der Waals surface area contributed by atoms with Gasteiger partial charge in [0.05, 0.1) is 30.2 Å². The van der Waals surface area contributed by atoms with Crippen LogP contribution in [0, 0.1) is 6.92 Å². The SMILES string of the molecule is C=CCn1cc(-c2cn([C@@H](C)Cc3cnccn3)nn2)c(C)n1. The molecule has 1 atom stereocenters. The predicted octanol–water partition coefficient (Wildman–Crippen LogP) is 2.23. The lowest BCUT2D eigenvalue weighted by Gasteiger charge is -2.09. The van der Waals surface area contributed by atoms with E-state index in [2.05, 4.69) is 38.9 Å². The molecule has 7 heteroatoms. The molecule has 118 valence electrons. The van der Waals surface area contributed by atoms with E-state index in [-0.39, 0.29) is 6.04 Å². The largest absolute Gasteiger partial charge is 0.268 e. The number of nitrogens with zero attached hydrogens (tertiary/aromatic N) is 7. The van der Waals surface area contributed by atoms with Crippen LogP contribution < -0.4 is 0 Å². The maximum atomic E-state index is 4.45. The van der Waals surface area contributed by atoms with E-state index in [1.165, 1.54) is 0 Å². The Balaban J connectivity index is 1.78. The summed E-state index contributed by atoms with van der Waals surface area (Å²) in [5.74, 6) is 0. The third kappa shape index (κ3) is 3.33. The van der Waals surface area contributed by atoms with Gasteiger partial charge in [0.1, 0.15) is 5.69 Å². The second-order valence-corrected chi connectivity index (χ2v) is 5.47. The highest BCUT2D eigenvalue weighted by atomic mass is 15.4. The molecule has 0 saturated heterocycles. The first kappa shape index (κ1) is 15.1. The zero-order valence-corrected chi connectivity index (χ0v) is 13.3. The lowest BCUT2D eigenvalue weighted by Crippen LogP contribution is -2.10. The van der Waals surface area contributed by atoms with Gasteiger partial charge in [-0.05, 0) is 13.8 Å². The summed E-state index contributed by atoms with van der Waals surface area (Å²) in [6.07, 6.45) is 11.6. The number of aromatic nitrogens is 7. The fourth-order valence-electron chi connectivity index (χ4n) is 2.44. The normalized spacial score (nSPS) is 12.3. The van der Waals surface area contributed by atoms with E-state index in [0.717, 1.165) is 29.1 Å². The molecule has 0 unspecified atom stereocenters. The minimum absolute atomic E-state index is 0.150. The quantitative estimate of drug-likeness (QED) is 0.653. The van der Waals surface area contributed by atoms with Crippen LogP contribution >= 0.6 is 0 Å². The van der Waals surface area contributed by atoms with Gasteiger partial charge in [0.2, 0.25) is 0 Å². The molecule has 3 aromatic rings. The summed E-state index contributed by atoms with van der Waals surface area (Å²) in [5, 5.41) is 13.0. The Labute approximate surface area is 134 Å². The molecule has 3 aromatic heterocycles. The van der Waals surface area contributed by atoms with Gasteiger partial charge in [-0.3, -0.25) is 14.6 Å². The van der Waals surface area contributed by atoms with E-state index in [1.807, 2.05) is 34.8 Å². The van der Waals surface area contributed by atoms with Crippen molar-refractivity contribution < 1.29 is 0 Å². The van der Waals surface area contributed by atoms with Crippen LogP contribution in [-0.4, -0.2) is 34.7 Å². The molecule has 0 radical (unpaired) electrons. The summed E-state index contributed by atoms with van der Waals surface area (Å²) < 4.78 is 3.70. The summed E-state index contributed by atoms with van der Waals surface area (Å²) in [6, 6.07) is 0.150. The Morgan fingerprint density at radius 2 is 2.17 bits per heavy atom. The molecule has 23 heavy (non-hydrogen) atoms. The summed E-state index contributed by atoms with van der Waals surface area (Å²) in [6.45, 7) is 8.46. The van der Waals surface area contributed by atoms with Crippen LogP contribution in [0.4, 0.5) is 0 Å². The molecule has 0 saturated carbocycles. The van der Waals surface area contributed by atoms with Crippen LogP contribution in [0.15, 0.2) is 43.6 Å². The summed E-state index contributed by atoms with van der Waals surface area (Å²) in [7, 11) is 0. The van der Waals surface area contributed by atoms with Crippen molar-refractivity contribution in [1.29, 1.82) is 0 Å². The molecule has 0 aliphatic carbocycles. The van der Waals surface area contributed by atoms with Gasteiger partial charge < -0.3 is 0 Å². The third-order valence-electron chi connectivity index (χ3n) is 3.62. The maximum Gasteiger partial charge on any atom is 0.116 e. The number of hydrogen-bond donors (Lipinski definition) is 0. The van der Waals surface area contributed by atoms with Crippen molar-refractivity contribution in [3.63, 3.8) is 0 Å². The van der Waals surface area contributed by atoms with E-state index >= 15 is 0 Å². The molecule has 0 aliphatic heterocycles. The van der Waals surface area contributed by atoms with Gasteiger partial charge in [-0.25, -0.2) is 4.68 Å². The van der Waals surface area contributed by atoms with Gasteiger partial charge in [-0.15, -0.1) is 11.7 Å². The van der Waals surface area contributed by atoms with E-state index in [0.29, 0.717) is 6.54 Å². The minimum Gasteiger partial charge on any atom is -0.268 e. The van der Waals surface area contributed by atoms with E-state index in [4.69, 9.17) is 0 Å². The van der Waals surface area contributed by atoms with E-state index in [1.54, 1.807) is 18.6 Å². The molecule has 0 amide bonds. The van der Waals surface area contributed by atoms with Gasteiger partial charge in [0, 0.05) is 36.8 Å². The third-order valence-corrected chi connectivity index (χ3v) is 3.62. The summed E-state index contributed by atoms with van der Waals surface area (Å²) >= 11 is 0. The lowest BCUT2D eigenvalue weighted by atomic mass is 10.2. The van der Waals surface area contributed by atoms with Crippen LogP contribution in [0.3, 0.4) is 0 Å². The van der Waals surface area contributed by atoms with Crippen LogP contribution in [0.2, 0.25) is 0 Å². The van der Waals surface area contributed by atoms with Crippen molar-refractivity contribution >= 4 is 0 Å². The fraction of sp³-hybridized carbons (Fsp3) is 0.312. The van der Waals surface area contributed by atoms with Gasteiger partial charge >= 0.3 is 0 Å². The number of rotatable bonds is 6. The molecule has 3 heterocycles. The van der Waals surface area contributed by atoms with Gasteiger partial charge in [-0.2, -0.15) is 5.10 Å². The van der Waals surface area contributed by atoms with E-state index in [9.17, 15) is 0 Å². The molecule has 7 nitrogen and oxygen atoms in total. The van der Waals surface area contributed by atoms with Crippen molar-refractivity contribution in [2.75, 3.05) is 0 Å². The first-order valence-electron chi connectivity index (χ1n) is 7.49. The zero-order chi connectivity index (χ0) is 16.2. The average Bonchev–Trinajstić information content (AvgIpc) is 3.15. The summed E-state index contributed by atoms with van der Waals surface area (Å²) in [5.41, 5.74) is 3.68. The van der Waals surface area contributed by atoms with Crippen LogP contribution in [-0.2, 0) is 13.0 Å². The van der Waals surface area contributed by atoms with Gasteiger partial charge in [-0.1, -0.05) is 11.3 Å². The Hall–Kier alpha value is -2.83. The second-order valence-electron chi connectivity index (χ2n) is 5.47. The molecular formula is C16H19N7. The van der Waals surface area contributed by atoms with Gasteiger partial charge in [0.25, 0.3) is 0 Å². The maximum absolute atomic E-state index is 4.45. The highest BCUT2D eigenvalue weighted by Gasteiger charge is 2.14. The molecule has 0 bridgehead atoms. The van der Waals surface area contributed by atoms with Crippen molar-refractivity contribution in [2.24, 2.45) is 0 Å². The lowest BCUT2D eigenvalue weighted by molar-refractivity contribution is 0.469. The topological polar surface area (TPSA) is 74.3 Å². The van der Waals surface area contributed by atoms with Crippen molar-refractivity contribution in [2.45, 2.75) is 32.9 Å². The standard InChI is InChI=1S/C16H19N7/c1-4-7-22-10-15(13(3)20-22)16-11-23(21-19-16)12(2)8-14-9-17-5-6-18-14/h4-6,9-12H,1,7-8H2,2-3H3/t12-/m0/s1. The Bertz CT molecular complexity index is 788. The van der Waals surface area contributed by atoms with Crippen LogP contribution in [0.5, 0.6) is 0 Å². The number of aryl methyl sites for hydroxylation is 1. The fourth-order valence-corrected chi connectivity index (χ4v) is 2.44. The van der Waals surface area contributed by atoms with E-state index < -0.39 is 0 Å². The molecule has 0 fully saturated rings. The summed E-state index contributed by atoms with van der Waals surface area (Å²) in [4.78, 5) is 8.39. The minimum atomic E-state index is 0.150. The average molecular weight is 309 g/mol. The smallest absolute Gasteiger partial charge is 0.116 e. The molecular weight excluding hydrogens is 290 g/mol. The zero-order valence-electron chi connectivity index (χ0n) is 13.3. The molecule has 0 spiro atoms. The molecule has 0 aliphatic rings. The Morgan fingerprint density at radius 3 is 2.91 bits per heavy atom. The first-order valence-corrected chi connectivity index (χ1v) is 7.49. The Kier molecular flexibility index (Phi) is 4.27. The van der Waals surface area contributed by atoms with Gasteiger partial charge in [0.15, 0.2) is 0 Å². The highest BCUT2D eigenvalue weighted by molar-refractivity contribution is 5.59. The highest BCUT2D eigenvalue weighted by Crippen LogP contribution is 2.21. The Morgan fingerprint density at radius 1 is 1.30 bits per heavy atom. The molecule has 0 aromatic carbocycles. The predicted molar refractivity (Wildman–Crippen MR) is 86.6 cm³/mol. The monoisotopic (exact) mass is 309 g/mol. The van der Waals surface area contributed by atoms with Crippen LogP contribution in [0.1, 0.15) is 24.4 Å². The second kappa shape index (κ2) is 6.51. The number of allylic oxidation sites excluding steroid dienone is 1. The van der Waals surface area contributed by atoms with Crippen molar-refractivity contribution in [3.8, 4) is 11.3 Å².